The SMILES string of the molecule is CS(=O)(=O)C1CCCC(S(=O)(=O)CC2CNC2)C1. The van der Waals surface area contributed by atoms with Gasteiger partial charge in [-0.25, -0.2) is 16.8 Å². The summed E-state index contributed by atoms with van der Waals surface area (Å²) in [5.41, 5.74) is 0. The van der Waals surface area contributed by atoms with Gasteiger partial charge in [0.15, 0.2) is 9.84 Å². The van der Waals surface area contributed by atoms with Gasteiger partial charge in [0.2, 0.25) is 0 Å². The number of hydrogen-bond donors (Lipinski definition) is 1. The maximum absolute atomic E-state index is 12.2. The van der Waals surface area contributed by atoms with Crippen molar-refractivity contribution in [2.45, 2.75) is 36.2 Å². The molecule has 0 aromatic heterocycles. The van der Waals surface area contributed by atoms with Crippen molar-refractivity contribution in [2.75, 3.05) is 25.1 Å². The molecule has 5 nitrogen and oxygen atoms in total. The van der Waals surface area contributed by atoms with E-state index in [0.29, 0.717) is 25.7 Å². The van der Waals surface area contributed by atoms with Crippen LogP contribution in [0.4, 0.5) is 0 Å². The Morgan fingerprint density at radius 3 is 2.17 bits per heavy atom. The first-order valence-electron chi connectivity index (χ1n) is 6.40. The maximum atomic E-state index is 12.2. The summed E-state index contributed by atoms with van der Waals surface area (Å²) in [6.45, 7) is 1.53. The highest BCUT2D eigenvalue weighted by molar-refractivity contribution is 7.92. The van der Waals surface area contributed by atoms with E-state index in [4.69, 9.17) is 0 Å². The van der Waals surface area contributed by atoms with E-state index in [2.05, 4.69) is 5.32 Å². The van der Waals surface area contributed by atoms with Crippen LogP contribution >= 0.6 is 0 Å². The van der Waals surface area contributed by atoms with Gasteiger partial charge < -0.3 is 5.32 Å². The van der Waals surface area contributed by atoms with E-state index in [0.717, 1.165) is 13.1 Å². The van der Waals surface area contributed by atoms with Gasteiger partial charge in [-0.05, 0) is 25.2 Å². The molecule has 2 atom stereocenters. The fraction of sp³-hybridized carbons (Fsp3) is 1.00. The van der Waals surface area contributed by atoms with Crippen LogP contribution in [0.3, 0.4) is 0 Å². The van der Waals surface area contributed by atoms with Crippen molar-refractivity contribution in [3.05, 3.63) is 0 Å². The Morgan fingerprint density at radius 1 is 1.06 bits per heavy atom. The highest BCUT2D eigenvalue weighted by Gasteiger charge is 2.37. The second kappa shape index (κ2) is 5.09. The first-order valence-corrected chi connectivity index (χ1v) is 10.1. The van der Waals surface area contributed by atoms with Gasteiger partial charge in [0.05, 0.1) is 16.3 Å². The first kappa shape index (κ1) is 14.3. The molecular formula is C11H21NO4S2. The Hall–Kier alpha value is -0.140. The van der Waals surface area contributed by atoms with Gasteiger partial charge in [0, 0.05) is 19.3 Å². The molecule has 1 heterocycles. The molecule has 0 aromatic carbocycles. The maximum Gasteiger partial charge on any atom is 0.153 e. The van der Waals surface area contributed by atoms with Gasteiger partial charge in [0.1, 0.15) is 9.84 Å². The fourth-order valence-corrected chi connectivity index (χ4v) is 6.26. The lowest BCUT2D eigenvalue weighted by Crippen LogP contribution is -2.47. The zero-order valence-electron chi connectivity index (χ0n) is 10.6. The summed E-state index contributed by atoms with van der Waals surface area (Å²) in [4.78, 5) is 0. The van der Waals surface area contributed by atoms with Gasteiger partial charge in [-0.15, -0.1) is 0 Å². The van der Waals surface area contributed by atoms with E-state index >= 15 is 0 Å². The largest absolute Gasteiger partial charge is 0.316 e. The third-order valence-electron chi connectivity index (χ3n) is 4.03. The summed E-state index contributed by atoms with van der Waals surface area (Å²) < 4.78 is 47.6. The summed E-state index contributed by atoms with van der Waals surface area (Å²) in [5.74, 6) is 0.426. The van der Waals surface area contributed by atoms with Crippen LogP contribution in [0, 0.1) is 5.92 Å². The van der Waals surface area contributed by atoms with Crippen molar-refractivity contribution < 1.29 is 16.8 Å². The van der Waals surface area contributed by atoms with E-state index in [1.54, 1.807) is 0 Å². The Morgan fingerprint density at radius 2 is 1.67 bits per heavy atom. The summed E-state index contributed by atoms with van der Waals surface area (Å²) in [6, 6.07) is 0. The van der Waals surface area contributed by atoms with Crippen LogP contribution in [-0.2, 0) is 19.7 Å². The van der Waals surface area contributed by atoms with Crippen molar-refractivity contribution in [2.24, 2.45) is 5.92 Å². The molecule has 2 rings (SSSR count). The second-order valence-corrected chi connectivity index (χ2v) is 10.2. The number of sulfone groups is 2. The van der Waals surface area contributed by atoms with Crippen LogP contribution in [-0.4, -0.2) is 52.4 Å². The third kappa shape index (κ3) is 3.24. The van der Waals surface area contributed by atoms with Crippen molar-refractivity contribution in [3.8, 4) is 0 Å². The Balaban J connectivity index is 2.03. The van der Waals surface area contributed by atoms with Crippen molar-refractivity contribution >= 4 is 19.7 Å². The molecule has 106 valence electrons. The van der Waals surface area contributed by atoms with Crippen LogP contribution in [0.15, 0.2) is 0 Å². The van der Waals surface area contributed by atoms with Crippen molar-refractivity contribution in [1.82, 2.24) is 5.32 Å². The van der Waals surface area contributed by atoms with E-state index in [1.165, 1.54) is 6.26 Å². The average molecular weight is 295 g/mol. The Bertz CT molecular complexity index is 493. The predicted molar refractivity (Wildman–Crippen MR) is 71.0 cm³/mol. The van der Waals surface area contributed by atoms with E-state index in [9.17, 15) is 16.8 Å². The predicted octanol–water partition coefficient (Wildman–Crippen LogP) is -0.0236. The van der Waals surface area contributed by atoms with Gasteiger partial charge in [-0.1, -0.05) is 6.42 Å². The Kier molecular flexibility index (Phi) is 4.04. The highest BCUT2D eigenvalue weighted by Crippen LogP contribution is 2.29. The summed E-state index contributed by atoms with van der Waals surface area (Å²) in [5, 5.41) is 2.14. The minimum absolute atomic E-state index is 0.209. The normalized spacial score (nSPS) is 30.9. The number of hydrogen-bond acceptors (Lipinski definition) is 5. The molecule has 1 N–H and O–H groups in total. The Labute approximate surface area is 109 Å². The molecule has 0 aromatic rings. The average Bonchev–Trinajstić information content (AvgIpc) is 2.23. The van der Waals surface area contributed by atoms with E-state index in [-0.39, 0.29) is 11.7 Å². The molecule has 1 saturated carbocycles. The van der Waals surface area contributed by atoms with Crippen molar-refractivity contribution in [3.63, 3.8) is 0 Å². The molecule has 1 aliphatic heterocycles. The van der Waals surface area contributed by atoms with Gasteiger partial charge in [-0.3, -0.25) is 0 Å². The first-order chi connectivity index (χ1) is 8.29. The molecule has 0 radical (unpaired) electrons. The van der Waals surface area contributed by atoms with Crippen LogP contribution in [0.2, 0.25) is 0 Å². The van der Waals surface area contributed by atoms with E-state index < -0.39 is 30.2 Å². The number of rotatable bonds is 4. The fourth-order valence-electron chi connectivity index (χ4n) is 2.75. The third-order valence-corrected chi connectivity index (χ3v) is 8.04. The minimum atomic E-state index is -3.14. The summed E-state index contributed by atoms with van der Waals surface area (Å²) in [6.07, 6.45) is 3.43. The van der Waals surface area contributed by atoms with Gasteiger partial charge in [0.25, 0.3) is 0 Å². The minimum Gasteiger partial charge on any atom is -0.316 e. The van der Waals surface area contributed by atoms with E-state index in [1.807, 2.05) is 0 Å². The molecule has 0 amide bonds. The molecule has 2 fully saturated rings. The molecule has 7 heteroatoms. The summed E-state index contributed by atoms with van der Waals surface area (Å²) in [7, 11) is -6.26. The van der Waals surface area contributed by atoms with Crippen LogP contribution in [0.1, 0.15) is 25.7 Å². The van der Waals surface area contributed by atoms with Crippen LogP contribution < -0.4 is 5.32 Å². The lowest BCUT2D eigenvalue weighted by molar-refractivity contribution is 0.375. The smallest absolute Gasteiger partial charge is 0.153 e. The molecule has 1 saturated heterocycles. The molecule has 2 unspecified atom stereocenters. The monoisotopic (exact) mass is 295 g/mol. The quantitative estimate of drug-likeness (QED) is 0.788. The molecule has 0 bridgehead atoms. The molecule has 1 aliphatic carbocycles. The molecule has 18 heavy (non-hydrogen) atoms. The highest BCUT2D eigenvalue weighted by atomic mass is 32.2. The topological polar surface area (TPSA) is 80.3 Å². The molecule has 2 aliphatic rings. The second-order valence-electron chi connectivity index (χ2n) is 5.59. The van der Waals surface area contributed by atoms with Crippen molar-refractivity contribution in [1.29, 1.82) is 0 Å². The standard InChI is InChI=1S/C11H21NO4S2/c1-17(13,14)10-3-2-4-11(5-10)18(15,16)8-9-6-12-7-9/h9-12H,2-8H2,1H3. The van der Waals surface area contributed by atoms with Crippen LogP contribution in [0.5, 0.6) is 0 Å². The lowest BCUT2D eigenvalue weighted by atomic mass is 10.00. The van der Waals surface area contributed by atoms with Gasteiger partial charge in [-0.2, -0.15) is 0 Å². The molecule has 0 spiro atoms. The zero-order chi connectivity index (χ0) is 13.4. The van der Waals surface area contributed by atoms with Gasteiger partial charge >= 0.3 is 0 Å². The molecular weight excluding hydrogens is 274 g/mol. The lowest BCUT2D eigenvalue weighted by Gasteiger charge is -2.32. The number of nitrogens with one attached hydrogen (secondary N) is 1. The van der Waals surface area contributed by atoms with Crippen LogP contribution in [0.25, 0.3) is 0 Å². The summed E-state index contributed by atoms with van der Waals surface area (Å²) >= 11 is 0. The zero-order valence-corrected chi connectivity index (χ0v) is 12.3.